The van der Waals surface area contributed by atoms with E-state index in [4.69, 9.17) is 10.4 Å². The maximum Gasteiger partial charge on any atom is 0.335 e. The highest BCUT2D eigenvalue weighted by molar-refractivity contribution is 5.88. The third kappa shape index (κ3) is 2.97. The number of carbonyl (C=O) groups excluding carboxylic acids is 1. The number of benzene rings is 1. The molecule has 1 aliphatic rings. The standard InChI is InChI=1S/C15H17N3O3/c1-10(5-6-16)17(2)15(21)18-8-12-4-3-11(14(19)20)7-13(12)9-18/h3-4,7,10H,5,8-9H2,1-2H3,(H,19,20). The van der Waals surface area contributed by atoms with Gasteiger partial charge in [-0.05, 0) is 30.2 Å². The molecule has 0 aliphatic carbocycles. The Kier molecular flexibility index (Phi) is 4.13. The molecule has 1 aliphatic heterocycles. The van der Waals surface area contributed by atoms with Gasteiger partial charge in [0.25, 0.3) is 0 Å². The zero-order chi connectivity index (χ0) is 15.6. The molecule has 0 radical (unpaired) electrons. The molecule has 2 amide bonds. The highest BCUT2D eigenvalue weighted by Gasteiger charge is 2.28. The second-order valence-electron chi connectivity index (χ2n) is 5.25. The van der Waals surface area contributed by atoms with Crippen LogP contribution in [0.15, 0.2) is 18.2 Å². The highest BCUT2D eigenvalue weighted by atomic mass is 16.4. The summed E-state index contributed by atoms with van der Waals surface area (Å²) in [5.41, 5.74) is 2.06. The van der Waals surface area contributed by atoms with E-state index in [2.05, 4.69) is 6.07 Å². The van der Waals surface area contributed by atoms with Crippen molar-refractivity contribution in [3.8, 4) is 6.07 Å². The van der Waals surface area contributed by atoms with Crippen molar-refractivity contribution >= 4 is 12.0 Å². The smallest absolute Gasteiger partial charge is 0.335 e. The molecular formula is C15H17N3O3. The third-order valence-corrected chi connectivity index (χ3v) is 3.80. The van der Waals surface area contributed by atoms with Gasteiger partial charge in [0.05, 0.1) is 18.1 Å². The lowest BCUT2D eigenvalue weighted by Gasteiger charge is -2.28. The number of urea groups is 1. The van der Waals surface area contributed by atoms with Gasteiger partial charge in [-0.25, -0.2) is 9.59 Å². The number of nitriles is 1. The van der Waals surface area contributed by atoms with E-state index in [0.717, 1.165) is 11.1 Å². The fraction of sp³-hybridized carbons (Fsp3) is 0.400. The van der Waals surface area contributed by atoms with Crippen LogP contribution in [-0.4, -0.2) is 40.0 Å². The van der Waals surface area contributed by atoms with E-state index in [9.17, 15) is 9.59 Å². The zero-order valence-corrected chi connectivity index (χ0v) is 12.0. The van der Waals surface area contributed by atoms with E-state index < -0.39 is 5.97 Å². The lowest BCUT2D eigenvalue weighted by atomic mass is 10.1. The lowest BCUT2D eigenvalue weighted by Crippen LogP contribution is -2.42. The number of fused-ring (bicyclic) bond motifs is 1. The highest BCUT2D eigenvalue weighted by Crippen LogP contribution is 2.25. The van der Waals surface area contributed by atoms with Gasteiger partial charge in [-0.15, -0.1) is 0 Å². The van der Waals surface area contributed by atoms with Crippen LogP contribution >= 0.6 is 0 Å². The monoisotopic (exact) mass is 287 g/mol. The minimum atomic E-state index is -0.970. The van der Waals surface area contributed by atoms with Crippen molar-refractivity contribution in [2.75, 3.05) is 7.05 Å². The van der Waals surface area contributed by atoms with Gasteiger partial charge in [0.15, 0.2) is 0 Å². The topological polar surface area (TPSA) is 84.6 Å². The molecule has 21 heavy (non-hydrogen) atoms. The van der Waals surface area contributed by atoms with E-state index in [-0.39, 0.29) is 24.1 Å². The van der Waals surface area contributed by atoms with E-state index in [1.54, 1.807) is 35.0 Å². The first kappa shape index (κ1) is 14.9. The molecule has 1 N–H and O–H groups in total. The van der Waals surface area contributed by atoms with Gasteiger partial charge >= 0.3 is 12.0 Å². The van der Waals surface area contributed by atoms with Gasteiger partial charge < -0.3 is 14.9 Å². The molecule has 2 rings (SSSR count). The average Bonchev–Trinajstić information content (AvgIpc) is 2.88. The molecular weight excluding hydrogens is 270 g/mol. The predicted molar refractivity (Wildman–Crippen MR) is 75.5 cm³/mol. The van der Waals surface area contributed by atoms with Crippen molar-refractivity contribution in [3.05, 3.63) is 34.9 Å². The SMILES string of the molecule is CC(CC#N)N(C)C(=O)N1Cc2ccc(C(=O)O)cc2C1. The van der Waals surface area contributed by atoms with Crippen molar-refractivity contribution < 1.29 is 14.7 Å². The molecule has 1 unspecified atom stereocenters. The lowest BCUT2D eigenvalue weighted by molar-refractivity contribution is 0.0696. The molecule has 110 valence electrons. The van der Waals surface area contributed by atoms with Crippen molar-refractivity contribution in [1.29, 1.82) is 5.26 Å². The van der Waals surface area contributed by atoms with Crippen molar-refractivity contribution in [3.63, 3.8) is 0 Å². The molecule has 6 heteroatoms. The molecule has 0 spiro atoms. The van der Waals surface area contributed by atoms with Crippen LogP contribution in [-0.2, 0) is 13.1 Å². The number of carboxylic acids is 1. The molecule has 0 saturated carbocycles. The van der Waals surface area contributed by atoms with Gasteiger partial charge in [0.1, 0.15) is 0 Å². The number of carbonyl (C=O) groups is 2. The zero-order valence-electron chi connectivity index (χ0n) is 12.0. The molecule has 0 fully saturated rings. The summed E-state index contributed by atoms with van der Waals surface area (Å²) in [6.45, 7) is 2.70. The van der Waals surface area contributed by atoms with Gasteiger partial charge in [-0.3, -0.25) is 0 Å². The normalized spacial score (nSPS) is 14.2. The summed E-state index contributed by atoms with van der Waals surface area (Å²) in [7, 11) is 1.68. The van der Waals surface area contributed by atoms with E-state index >= 15 is 0 Å². The second kappa shape index (κ2) is 5.83. The summed E-state index contributed by atoms with van der Waals surface area (Å²) in [6.07, 6.45) is 0.284. The molecule has 1 atom stereocenters. The Morgan fingerprint density at radius 1 is 1.43 bits per heavy atom. The van der Waals surface area contributed by atoms with Crippen LogP contribution in [0.2, 0.25) is 0 Å². The van der Waals surface area contributed by atoms with Crippen LogP contribution in [0.1, 0.15) is 34.8 Å². The first-order valence-electron chi connectivity index (χ1n) is 6.67. The number of carboxylic acid groups (broad SMARTS) is 1. The van der Waals surface area contributed by atoms with E-state index in [1.807, 2.05) is 6.92 Å². The number of rotatable bonds is 3. The van der Waals surface area contributed by atoms with E-state index in [1.165, 1.54) is 0 Å². The summed E-state index contributed by atoms with van der Waals surface area (Å²) >= 11 is 0. The van der Waals surface area contributed by atoms with Gasteiger partial charge in [0, 0.05) is 26.2 Å². The summed E-state index contributed by atoms with van der Waals surface area (Å²) in [4.78, 5) is 26.5. The second-order valence-corrected chi connectivity index (χ2v) is 5.25. The molecule has 0 saturated heterocycles. The minimum Gasteiger partial charge on any atom is -0.478 e. The third-order valence-electron chi connectivity index (χ3n) is 3.80. The Labute approximate surface area is 123 Å². The Balaban J connectivity index is 2.10. The Morgan fingerprint density at radius 3 is 2.71 bits per heavy atom. The molecule has 0 aromatic heterocycles. The quantitative estimate of drug-likeness (QED) is 0.922. The Morgan fingerprint density at radius 2 is 2.10 bits per heavy atom. The summed E-state index contributed by atoms with van der Waals surface area (Å²) in [5, 5.41) is 17.7. The predicted octanol–water partition coefficient (Wildman–Crippen LogP) is 2.05. The fourth-order valence-electron chi connectivity index (χ4n) is 2.34. The number of hydrogen-bond acceptors (Lipinski definition) is 3. The van der Waals surface area contributed by atoms with Gasteiger partial charge in [-0.1, -0.05) is 6.07 Å². The van der Waals surface area contributed by atoms with Gasteiger partial charge in [0.2, 0.25) is 0 Å². The molecule has 1 heterocycles. The van der Waals surface area contributed by atoms with Crippen LogP contribution in [0, 0.1) is 11.3 Å². The molecule has 1 aromatic rings. The van der Waals surface area contributed by atoms with Crippen molar-refractivity contribution in [1.82, 2.24) is 9.80 Å². The first-order chi connectivity index (χ1) is 9.93. The van der Waals surface area contributed by atoms with Crippen LogP contribution in [0.3, 0.4) is 0 Å². The number of nitrogens with zero attached hydrogens (tertiary/aromatic N) is 3. The number of amides is 2. The summed E-state index contributed by atoms with van der Waals surface area (Å²) in [5.74, 6) is -0.970. The van der Waals surface area contributed by atoms with Crippen LogP contribution < -0.4 is 0 Å². The molecule has 1 aromatic carbocycles. The van der Waals surface area contributed by atoms with E-state index in [0.29, 0.717) is 13.1 Å². The van der Waals surface area contributed by atoms with Crippen LogP contribution in [0.5, 0.6) is 0 Å². The Hall–Kier alpha value is -2.55. The molecule has 6 nitrogen and oxygen atoms in total. The Bertz CT molecular complexity index is 621. The summed E-state index contributed by atoms with van der Waals surface area (Å²) in [6, 6.07) is 6.68. The average molecular weight is 287 g/mol. The first-order valence-corrected chi connectivity index (χ1v) is 6.67. The van der Waals surface area contributed by atoms with Crippen LogP contribution in [0.4, 0.5) is 4.79 Å². The number of aromatic carboxylic acids is 1. The number of hydrogen-bond donors (Lipinski definition) is 1. The van der Waals surface area contributed by atoms with Crippen LogP contribution in [0.25, 0.3) is 0 Å². The maximum atomic E-state index is 12.4. The van der Waals surface area contributed by atoms with Crippen molar-refractivity contribution in [2.45, 2.75) is 32.5 Å². The van der Waals surface area contributed by atoms with Gasteiger partial charge in [-0.2, -0.15) is 5.26 Å². The summed E-state index contributed by atoms with van der Waals surface area (Å²) < 4.78 is 0. The maximum absolute atomic E-state index is 12.4. The molecule has 0 bridgehead atoms. The minimum absolute atomic E-state index is 0.147. The van der Waals surface area contributed by atoms with Crippen molar-refractivity contribution in [2.24, 2.45) is 0 Å². The fourth-order valence-corrected chi connectivity index (χ4v) is 2.34. The largest absolute Gasteiger partial charge is 0.478 e.